The zero-order valence-corrected chi connectivity index (χ0v) is 20.9. The van der Waals surface area contributed by atoms with Gasteiger partial charge < -0.3 is 4.42 Å². The molecule has 1 N–H and O–H groups in total. The van der Waals surface area contributed by atoms with Crippen molar-refractivity contribution >= 4 is 31.8 Å². The summed E-state index contributed by atoms with van der Waals surface area (Å²) in [6, 6.07) is 11.4. The Morgan fingerprint density at radius 2 is 1.62 bits per heavy atom. The number of nitrogens with zero attached hydrogens (tertiary/aromatic N) is 3. The molecular formula is C22H26N4O6S2. The summed E-state index contributed by atoms with van der Waals surface area (Å²) < 4.78 is 56.8. The number of anilines is 1. The van der Waals surface area contributed by atoms with E-state index < -0.39 is 31.0 Å². The van der Waals surface area contributed by atoms with Crippen molar-refractivity contribution in [3.63, 3.8) is 0 Å². The fourth-order valence-electron chi connectivity index (χ4n) is 3.13. The second-order valence-corrected chi connectivity index (χ2v) is 12.0. The van der Waals surface area contributed by atoms with Crippen LogP contribution in [0.3, 0.4) is 0 Å². The number of carbonyl (C=O) groups excluding carboxylic acids is 1. The van der Waals surface area contributed by atoms with Crippen molar-refractivity contribution in [3.05, 3.63) is 54.1 Å². The maximum absolute atomic E-state index is 12.6. The molecule has 0 spiro atoms. The Balaban J connectivity index is 1.77. The summed E-state index contributed by atoms with van der Waals surface area (Å²) >= 11 is 0. The van der Waals surface area contributed by atoms with E-state index >= 15 is 0 Å². The Kier molecular flexibility index (Phi) is 7.54. The minimum atomic E-state index is -3.63. The molecule has 0 atom stereocenters. The maximum atomic E-state index is 12.6. The maximum Gasteiger partial charge on any atom is 0.322 e. The number of sulfonamides is 1. The van der Waals surface area contributed by atoms with E-state index in [0.29, 0.717) is 18.7 Å². The summed E-state index contributed by atoms with van der Waals surface area (Å²) in [5.74, 6) is -0.533. The van der Waals surface area contributed by atoms with E-state index in [1.807, 2.05) is 0 Å². The van der Waals surface area contributed by atoms with Crippen LogP contribution < -0.4 is 5.32 Å². The van der Waals surface area contributed by atoms with E-state index in [2.05, 4.69) is 15.5 Å². The van der Waals surface area contributed by atoms with Gasteiger partial charge in [-0.25, -0.2) is 16.8 Å². The van der Waals surface area contributed by atoms with Crippen molar-refractivity contribution < 1.29 is 26.0 Å². The zero-order chi connectivity index (χ0) is 25.1. The standard InChI is InChI=1S/C22H26N4O6S2/c1-5-26(6-2)34(30,31)18-12-10-16(11-13-18)20(27)23-22-25-24-21(32-22)17-8-7-9-19(14-17)33(28,29)15(3)4/h7-15H,5-6H2,1-4H3,(H,23,25,27). The molecule has 1 heterocycles. The molecule has 3 aromatic rings. The smallest absolute Gasteiger partial charge is 0.322 e. The molecule has 3 rings (SSSR count). The van der Waals surface area contributed by atoms with Crippen molar-refractivity contribution in [2.75, 3.05) is 18.4 Å². The Bertz CT molecular complexity index is 1380. The van der Waals surface area contributed by atoms with Crippen LogP contribution in [0.25, 0.3) is 11.5 Å². The molecule has 0 aliphatic rings. The molecule has 0 fully saturated rings. The highest BCUT2D eigenvalue weighted by Gasteiger charge is 2.23. The molecular weight excluding hydrogens is 480 g/mol. The van der Waals surface area contributed by atoms with Crippen LogP contribution in [0, 0.1) is 0 Å². The number of hydrogen-bond donors (Lipinski definition) is 1. The van der Waals surface area contributed by atoms with E-state index in [1.54, 1.807) is 39.8 Å². The van der Waals surface area contributed by atoms with Crippen LogP contribution >= 0.6 is 0 Å². The summed E-state index contributed by atoms with van der Waals surface area (Å²) in [7, 11) is -7.12. The van der Waals surface area contributed by atoms with Crippen molar-refractivity contribution in [1.82, 2.24) is 14.5 Å². The number of sulfone groups is 1. The topological polar surface area (TPSA) is 140 Å². The molecule has 1 amide bonds. The van der Waals surface area contributed by atoms with Gasteiger partial charge in [0.15, 0.2) is 9.84 Å². The van der Waals surface area contributed by atoms with E-state index in [1.165, 1.54) is 40.7 Å². The van der Waals surface area contributed by atoms with E-state index in [9.17, 15) is 21.6 Å². The van der Waals surface area contributed by atoms with Gasteiger partial charge in [-0.15, -0.1) is 5.10 Å². The first-order valence-corrected chi connectivity index (χ1v) is 13.6. The quantitative estimate of drug-likeness (QED) is 0.467. The lowest BCUT2D eigenvalue weighted by Crippen LogP contribution is -2.30. The van der Waals surface area contributed by atoms with Gasteiger partial charge in [0.1, 0.15) is 0 Å². The number of carbonyl (C=O) groups is 1. The molecule has 1 aromatic heterocycles. The second-order valence-electron chi connectivity index (χ2n) is 7.60. The molecule has 0 radical (unpaired) electrons. The number of rotatable bonds is 9. The fraction of sp³-hybridized carbons (Fsp3) is 0.318. The first-order valence-electron chi connectivity index (χ1n) is 10.6. The Hall–Kier alpha value is -3.09. The lowest BCUT2D eigenvalue weighted by Gasteiger charge is -2.18. The molecule has 0 aliphatic carbocycles. The lowest BCUT2D eigenvalue weighted by atomic mass is 10.2. The van der Waals surface area contributed by atoms with E-state index in [0.717, 1.165) is 0 Å². The molecule has 0 saturated carbocycles. The monoisotopic (exact) mass is 506 g/mol. The largest absolute Gasteiger partial charge is 0.403 e. The normalized spacial score (nSPS) is 12.3. The minimum Gasteiger partial charge on any atom is -0.403 e. The first-order chi connectivity index (χ1) is 16.0. The van der Waals surface area contributed by atoms with Crippen molar-refractivity contribution in [1.29, 1.82) is 0 Å². The van der Waals surface area contributed by atoms with Gasteiger partial charge in [-0.3, -0.25) is 10.1 Å². The second kappa shape index (κ2) is 10.0. The average Bonchev–Trinajstić information content (AvgIpc) is 3.28. The van der Waals surface area contributed by atoms with Gasteiger partial charge in [0, 0.05) is 24.2 Å². The predicted molar refractivity (Wildman–Crippen MR) is 127 cm³/mol. The summed E-state index contributed by atoms with van der Waals surface area (Å²) in [4.78, 5) is 12.8. The van der Waals surface area contributed by atoms with Crippen LogP contribution in [-0.4, -0.2) is 55.6 Å². The molecule has 12 heteroatoms. The average molecular weight is 507 g/mol. The van der Waals surface area contributed by atoms with Gasteiger partial charge in [0.2, 0.25) is 15.9 Å². The third-order valence-corrected chi connectivity index (χ3v) is 9.35. The Morgan fingerprint density at radius 1 is 0.971 bits per heavy atom. The van der Waals surface area contributed by atoms with Crippen LogP contribution in [0.15, 0.2) is 62.7 Å². The molecule has 182 valence electrons. The van der Waals surface area contributed by atoms with Crippen LogP contribution in [0.4, 0.5) is 6.01 Å². The van der Waals surface area contributed by atoms with Crippen molar-refractivity contribution in [2.24, 2.45) is 0 Å². The van der Waals surface area contributed by atoms with Crippen LogP contribution in [0.1, 0.15) is 38.1 Å². The fourth-order valence-corrected chi connectivity index (χ4v) is 5.69. The van der Waals surface area contributed by atoms with Crippen LogP contribution in [0.2, 0.25) is 0 Å². The molecule has 0 saturated heterocycles. The van der Waals surface area contributed by atoms with Gasteiger partial charge in [-0.1, -0.05) is 25.0 Å². The number of hydrogen-bond acceptors (Lipinski definition) is 8. The third kappa shape index (κ3) is 5.18. The molecule has 0 bridgehead atoms. The number of amides is 1. The van der Waals surface area contributed by atoms with Gasteiger partial charge >= 0.3 is 6.01 Å². The van der Waals surface area contributed by atoms with Gasteiger partial charge in [-0.05, 0) is 56.3 Å². The highest BCUT2D eigenvalue weighted by molar-refractivity contribution is 7.92. The summed E-state index contributed by atoms with van der Waals surface area (Å²) in [6.07, 6.45) is 0. The van der Waals surface area contributed by atoms with Crippen molar-refractivity contribution in [2.45, 2.75) is 42.7 Å². The van der Waals surface area contributed by atoms with Gasteiger partial charge in [-0.2, -0.15) is 4.31 Å². The van der Waals surface area contributed by atoms with E-state index in [-0.39, 0.29) is 27.3 Å². The highest BCUT2D eigenvalue weighted by Crippen LogP contribution is 2.25. The van der Waals surface area contributed by atoms with Crippen molar-refractivity contribution in [3.8, 4) is 11.5 Å². The molecule has 2 aromatic carbocycles. The van der Waals surface area contributed by atoms with Crippen LogP contribution in [-0.2, 0) is 19.9 Å². The van der Waals surface area contributed by atoms with E-state index in [4.69, 9.17) is 4.42 Å². The summed E-state index contributed by atoms with van der Waals surface area (Å²) in [5, 5.41) is 9.53. The molecule has 34 heavy (non-hydrogen) atoms. The van der Waals surface area contributed by atoms with Crippen LogP contribution in [0.5, 0.6) is 0 Å². The number of nitrogens with one attached hydrogen (secondary N) is 1. The predicted octanol–water partition coefficient (Wildman–Crippen LogP) is 3.20. The SMILES string of the molecule is CCN(CC)S(=O)(=O)c1ccc(C(=O)Nc2nnc(-c3cccc(S(=O)(=O)C(C)C)c3)o2)cc1. The first kappa shape index (κ1) is 25.5. The molecule has 10 nitrogen and oxygen atoms in total. The number of aromatic nitrogens is 2. The lowest BCUT2D eigenvalue weighted by molar-refractivity contribution is 0.102. The zero-order valence-electron chi connectivity index (χ0n) is 19.2. The summed E-state index contributed by atoms with van der Waals surface area (Å²) in [6.45, 7) is 7.36. The Labute approximate surface area is 199 Å². The molecule has 0 aliphatic heterocycles. The Morgan fingerprint density at radius 3 is 2.21 bits per heavy atom. The number of benzene rings is 2. The summed E-state index contributed by atoms with van der Waals surface area (Å²) in [5.41, 5.74) is 0.587. The third-order valence-electron chi connectivity index (χ3n) is 5.14. The highest BCUT2D eigenvalue weighted by atomic mass is 32.2. The minimum absolute atomic E-state index is 0.0387. The van der Waals surface area contributed by atoms with Gasteiger partial charge in [0.05, 0.1) is 15.0 Å². The molecule has 0 unspecified atom stereocenters. The van der Waals surface area contributed by atoms with Gasteiger partial charge in [0.25, 0.3) is 5.91 Å².